The molecule has 0 spiro atoms. The van der Waals surface area contributed by atoms with Crippen molar-refractivity contribution in [2.75, 3.05) is 13.7 Å². The Morgan fingerprint density at radius 3 is 2.61 bits per heavy atom. The smallest absolute Gasteiger partial charge is 0.344 e. The van der Waals surface area contributed by atoms with E-state index in [1.165, 1.54) is 13.2 Å². The summed E-state index contributed by atoms with van der Waals surface area (Å²) in [6.45, 7) is -0.408. The lowest BCUT2D eigenvalue weighted by Gasteiger charge is -2.30. The highest BCUT2D eigenvalue weighted by Gasteiger charge is 2.34. The lowest BCUT2D eigenvalue weighted by molar-refractivity contribution is -0.147. The van der Waals surface area contributed by atoms with E-state index in [0.717, 1.165) is 27.7 Å². The standard InChI is InChI=1S/C28H24Cl2N2O6/c1-36-23-8-6-15(10-16(23)13-38-25(33)14-37-24-9-7-17(29)11-20(24)30)26-27-19(12-22(32-26)28(34)35)18-4-2-3-5-21(18)31-27/h2-11,22,26,31-32H,12-14H2,1H3,(H,34,35)/t22-,26-/m0/s1. The molecule has 2 atom stereocenters. The molecule has 0 bridgehead atoms. The highest BCUT2D eigenvalue weighted by Crippen LogP contribution is 2.36. The fraction of sp³-hybridized carbons (Fsp3) is 0.214. The van der Waals surface area contributed by atoms with Gasteiger partial charge in [-0.2, -0.15) is 0 Å². The Kier molecular flexibility index (Phi) is 7.46. The molecular weight excluding hydrogens is 531 g/mol. The predicted octanol–water partition coefficient (Wildman–Crippen LogP) is 5.29. The van der Waals surface area contributed by atoms with Gasteiger partial charge in [0.25, 0.3) is 0 Å². The molecule has 0 saturated carbocycles. The molecule has 10 heteroatoms. The quantitative estimate of drug-likeness (QED) is 0.254. The molecule has 1 aliphatic rings. The van der Waals surface area contributed by atoms with Gasteiger partial charge in [0, 0.05) is 33.6 Å². The van der Waals surface area contributed by atoms with Crippen molar-refractivity contribution in [3.05, 3.63) is 93.1 Å². The average Bonchev–Trinajstić information content (AvgIpc) is 3.29. The first-order chi connectivity index (χ1) is 18.3. The van der Waals surface area contributed by atoms with Crippen molar-refractivity contribution in [3.8, 4) is 11.5 Å². The van der Waals surface area contributed by atoms with Gasteiger partial charge in [0.1, 0.15) is 24.1 Å². The number of carboxylic acids is 1. The lowest BCUT2D eigenvalue weighted by Crippen LogP contribution is -2.45. The van der Waals surface area contributed by atoms with Crippen LogP contribution in [-0.4, -0.2) is 41.8 Å². The number of esters is 1. The largest absolute Gasteiger partial charge is 0.496 e. The number of ether oxygens (including phenoxy) is 3. The van der Waals surface area contributed by atoms with E-state index in [-0.39, 0.29) is 18.2 Å². The third-order valence-electron chi connectivity index (χ3n) is 6.48. The van der Waals surface area contributed by atoms with Crippen molar-refractivity contribution in [1.29, 1.82) is 0 Å². The van der Waals surface area contributed by atoms with E-state index < -0.39 is 24.0 Å². The Labute approximate surface area is 228 Å². The Morgan fingerprint density at radius 2 is 1.84 bits per heavy atom. The molecule has 38 heavy (non-hydrogen) atoms. The van der Waals surface area contributed by atoms with Gasteiger partial charge in [0.2, 0.25) is 0 Å². The average molecular weight is 555 g/mol. The van der Waals surface area contributed by atoms with Crippen LogP contribution < -0.4 is 14.8 Å². The number of rotatable bonds is 8. The normalized spacial score (nSPS) is 16.6. The van der Waals surface area contributed by atoms with Crippen LogP contribution in [0.3, 0.4) is 0 Å². The minimum atomic E-state index is -0.922. The SMILES string of the molecule is COc1ccc([C@@H]2N[C@H](C(=O)O)Cc3c2[nH]c2ccccc32)cc1COC(=O)COc1ccc(Cl)cc1Cl. The second-order valence-corrected chi connectivity index (χ2v) is 9.70. The number of carbonyl (C=O) groups is 2. The molecule has 5 rings (SSSR count). The van der Waals surface area contributed by atoms with Crippen LogP contribution in [0.4, 0.5) is 0 Å². The van der Waals surface area contributed by atoms with E-state index >= 15 is 0 Å². The summed E-state index contributed by atoms with van der Waals surface area (Å²) >= 11 is 12.0. The van der Waals surface area contributed by atoms with Gasteiger partial charge in [-0.15, -0.1) is 0 Å². The zero-order chi connectivity index (χ0) is 26.8. The molecule has 196 valence electrons. The number of methoxy groups -OCH3 is 1. The van der Waals surface area contributed by atoms with Crippen LogP contribution in [0, 0.1) is 0 Å². The number of hydrogen-bond donors (Lipinski definition) is 3. The highest BCUT2D eigenvalue weighted by atomic mass is 35.5. The molecule has 2 heterocycles. The van der Waals surface area contributed by atoms with Gasteiger partial charge in [0.15, 0.2) is 6.61 Å². The Bertz CT molecular complexity index is 1520. The van der Waals surface area contributed by atoms with Crippen LogP contribution in [0.1, 0.15) is 28.4 Å². The number of carbonyl (C=O) groups excluding carboxylic acids is 1. The Hall–Kier alpha value is -3.72. The Morgan fingerprint density at radius 1 is 1.05 bits per heavy atom. The number of H-pyrrole nitrogens is 1. The molecule has 0 unspecified atom stereocenters. The molecule has 0 fully saturated rings. The lowest BCUT2D eigenvalue weighted by atomic mass is 9.89. The summed E-state index contributed by atoms with van der Waals surface area (Å²) in [6, 6.07) is 16.9. The van der Waals surface area contributed by atoms with E-state index in [4.69, 9.17) is 37.4 Å². The predicted molar refractivity (Wildman–Crippen MR) is 143 cm³/mol. The second kappa shape index (κ2) is 10.9. The molecule has 3 N–H and O–H groups in total. The summed E-state index contributed by atoms with van der Waals surface area (Å²) in [5, 5.41) is 14.8. The molecule has 0 radical (unpaired) electrons. The summed E-state index contributed by atoms with van der Waals surface area (Å²) < 4.78 is 16.4. The fourth-order valence-electron chi connectivity index (χ4n) is 4.68. The first-order valence-corrected chi connectivity index (χ1v) is 12.6. The number of benzene rings is 3. The summed E-state index contributed by atoms with van der Waals surface area (Å²) in [4.78, 5) is 27.8. The first kappa shape index (κ1) is 25.9. The monoisotopic (exact) mass is 554 g/mol. The van der Waals surface area contributed by atoms with E-state index in [2.05, 4.69) is 10.3 Å². The van der Waals surface area contributed by atoms with E-state index in [1.54, 1.807) is 18.2 Å². The number of para-hydroxylation sites is 1. The molecule has 0 saturated heterocycles. The molecule has 0 aliphatic carbocycles. The van der Waals surface area contributed by atoms with Crippen LogP contribution in [0.5, 0.6) is 11.5 Å². The molecular formula is C28H24Cl2N2O6. The summed E-state index contributed by atoms with van der Waals surface area (Å²) in [7, 11) is 1.53. The van der Waals surface area contributed by atoms with Crippen molar-refractivity contribution in [2.45, 2.75) is 25.1 Å². The van der Waals surface area contributed by atoms with Gasteiger partial charge in [-0.05, 0) is 47.5 Å². The number of aliphatic carboxylic acids is 1. The zero-order valence-corrected chi connectivity index (χ0v) is 21.8. The maximum atomic E-state index is 12.4. The third kappa shape index (κ3) is 5.29. The molecule has 4 aromatic rings. The number of aromatic nitrogens is 1. The minimum Gasteiger partial charge on any atom is -0.496 e. The number of hydrogen-bond acceptors (Lipinski definition) is 6. The number of halogens is 2. The van der Waals surface area contributed by atoms with Crippen molar-refractivity contribution in [1.82, 2.24) is 10.3 Å². The van der Waals surface area contributed by atoms with Gasteiger partial charge in [-0.25, -0.2) is 4.79 Å². The number of aromatic amines is 1. The van der Waals surface area contributed by atoms with Gasteiger partial charge >= 0.3 is 11.9 Å². The van der Waals surface area contributed by atoms with Crippen molar-refractivity contribution < 1.29 is 28.9 Å². The minimum absolute atomic E-state index is 0.0673. The maximum Gasteiger partial charge on any atom is 0.344 e. The number of carboxylic acid groups (broad SMARTS) is 1. The molecule has 8 nitrogen and oxygen atoms in total. The van der Waals surface area contributed by atoms with Crippen LogP contribution in [-0.2, 0) is 27.4 Å². The van der Waals surface area contributed by atoms with Crippen molar-refractivity contribution in [2.24, 2.45) is 0 Å². The summed E-state index contributed by atoms with van der Waals surface area (Å²) in [6.07, 6.45) is 0.365. The van der Waals surface area contributed by atoms with Gasteiger partial charge in [-0.3, -0.25) is 10.1 Å². The first-order valence-electron chi connectivity index (χ1n) is 11.8. The maximum absolute atomic E-state index is 12.4. The molecule has 0 amide bonds. The summed E-state index contributed by atoms with van der Waals surface area (Å²) in [5.41, 5.74) is 4.25. The topological polar surface area (TPSA) is 110 Å². The van der Waals surface area contributed by atoms with Gasteiger partial charge in [0.05, 0.1) is 18.2 Å². The van der Waals surface area contributed by atoms with Crippen molar-refractivity contribution in [3.63, 3.8) is 0 Å². The van der Waals surface area contributed by atoms with E-state index in [0.29, 0.717) is 28.5 Å². The fourth-order valence-corrected chi connectivity index (χ4v) is 5.14. The van der Waals surface area contributed by atoms with Crippen LogP contribution in [0.2, 0.25) is 10.0 Å². The van der Waals surface area contributed by atoms with E-state index in [1.807, 2.05) is 36.4 Å². The third-order valence-corrected chi connectivity index (χ3v) is 7.01. The molecule has 1 aliphatic heterocycles. The zero-order valence-electron chi connectivity index (χ0n) is 20.3. The highest BCUT2D eigenvalue weighted by molar-refractivity contribution is 6.35. The molecule has 1 aromatic heterocycles. The second-order valence-electron chi connectivity index (χ2n) is 8.85. The number of fused-ring (bicyclic) bond motifs is 3. The Balaban J connectivity index is 1.37. The van der Waals surface area contributed by atoms with Gasteiger partial charge in [-0.1, -0.05) is 47.5 Å². The summed E-state index contributed by atoms with van der Waals surface area (Å²) in [5.74, 6) is -0.665. The van der Waals surface area contributed by atoms with Crippen LogP contribution in [0.25, 0.3) is 10.9 Å². The van der Waals surface area contributed by atoms with Crippen LogP contribution in [0.15, 0.2) is 60.7 Å². The van der Waals surface area contributed by atoms with E-state index in [9.17, 15) is 14.7 Å². The van der Waals surface area contributed by atoms with Gasteiger partial charge < -0.3 is 24.3 Å². The molecule has 3 aromatic carbocycles. The van der Waals surface area contributed by atoms with Crippen molar-refractivity contribution >= 4 is 46.0 Å². The number of nitrogens with one attached hydrogen (secondary N) is 2. The van der Waals surface area contributed by atoms with Crippen LogP contribution >= 0.6 is 23.2 Å².